The molecule has 0 aliphatic rings. The van der Waals surface area contributed by atoms with Gasteiger partial charge < -0.3 is 16.4 Å². The number of alkyl halides is 3. The molecule has 0 spiro atoms. The molecule has 0 saturated carbocycles. The molecule has 5 nitrogen and oxygen atoms in total. The van der Waals surface area contributed by atoms with E-state index in [0.29, 0.717) is 28.3 Å². The van der Waals surface area contributed by atoms with Gasteiger partial charge in [-0.2, -0.15) is 13.2 Å². The summed E-state index contributed by atoms with van der Waals surface area (Å²) >= 11 is 0. The van der Waals surface area contributed by atoms with Gasteiger partial charge in [-0.3, -0.25) is 9.79 Å². The molecule has 2 aromatic rings. The summed E-state index contributed by atoms with van der Waals surface area (Å²) in [6, 6.07) is 9.57. The van der Waals surface area contributed by atoms with Crippen molar-refractivity contribution in [2.45, 2.75) is 6.18 Å². The van der Waals surface area contributed by atoms with Crippen LogP contribution in [0.2, 0.25) is 0 Å². The van der Waals surface area contributed by atoms with E-state index in [1.165, 1.54) is 18.3 Å². The average molecular weight is 388 g/mol. The van der Waals surface area contributed by atoms with Crippen LogP contribution < -0.4 is 16.4 Å². The molecule has 0 heterocycles. The summed E-state index contributed by atoms with van der Waals surface area (Å²) in [6.07, 6.45) is -0.184. The number of halogens is 3. The van der Waals surface area contributed by atoms with E-state index in [9.17, 15) is 18.0 Å². The predicted octanol–water partition coefficient (Wildman–Crippen LogP) is 4.57. The summed E-state index contributed by atoms with van der Waals surface area (Å²) in [5, 5.41) is 5.67. The van der Waals surface area contributed by atoms with Gasteiger partial charge in [0.25, 0.3) is 0 Å². The fourth-order valence-corrected chi connectivity index (χ4v) is 2.31. The van der Waals surface area contributed by atoms with E-state index in [4.69, 9.17) is 5.73 Å². The van der Waals surface area contributed by atoms with Crippen LogP contribution in [0.5, 0.6) is 0 Å². The molecular weight excluding hydrogens is 369 g/mol. The van der Waals surface area contributed by atoms with E-state index in [1.54, 1.807) is 31.3 Å². The molecule has 2 rings (SSSR count). The molecule has 0 aromatic heterocycles. The van der Waals surface area contributed by atoms with Gasteiger partial charge >= 0.3 is 6.18 Å². The SMILES string of the molecule is C=CC(=O)Nc1ccc(Nc2ccc(C(F)(F)F)cc2)c(C(N)=CC=NC)c1. The lowest BCUT2D eigenvalue weighted by Gasteiger charge is -2.15. The smallest absolute Gasteiger partial charge is 0.398 e. The van der Waals surface area contributed by atoms with Crippen molar-refractivity contribution in [3.8, 4) is 0 Å². The summed E-state index contributed by atoms with van der Waals surface area (Å²) in [6.45, 7) is 3.39. The Balaban J connectivity index is 2.38. The molecule has 1 amide bonds. The molecule has 0 radical (unpaired) electrons. The van der Waals surface area contributed by atoms with E-state index >= 15 is 0 Å². The summed E-state index contributed by atoms with van der Waals surface area (Å²) in [7, 11) is 1.59. The molecule has 4 N–H and O–H groups in total. The molecule has 28 heavy (non-hydrogen) atoms. The highest BCUT2D eigenvalue weighted by Crippen LogP contribution is 2.32. The fourth-order valence-electron chi connectivity index (χ4n) is 2.31. The minimum atomic E-state index is -4.40. The molecule has 0 bridgehead atoms. The van der Waals surface area contributed by atoms with Crippen LogP contribution in [0.4, 0.5) is 30.2 Å². The van der Waals surface area contributed by atoms with Crippen LogP contribution in [-0.4, -0.2) is 19.2 Å². The third-order valence-corrected chi connectivity index (χ3v) is 3.68. The molecule has 8 heteroatoms. The minimum absolute atomic E-state index is 0.356. The van der Waals surface area contributed by atoms with E-state index < -0.39 is 11.7 Å². The standard InChI is InChI=1S/C20H19F3N4O/c1-3-19(28)27-15-8-9-18(16(12-15)17(24)10-11-25-2)26-14-6-4-13(5-7-14)20(21,22)23/h3-12,26H,1,24H2,2H3,(H,27,28). The zero-order valence-electron chi connectivity index (χ0n) is 15.0. The molecule has 0 saturated heterocycles. The van der Waals surface area contributed by atoms with E-state index in [1.807, 2.05) is 0 Å². The monoisotopic (exact) mass is 388 g/mol. The third kappa shape index (κ3) is 5.47. The molecule has 0 fully saturated rings. The second-order valence-electron chi connectivity index (χ2n) is 5.68. The fraction of sp³-hybridized carbons (Fsp3) is 0.100. The molecule has 146 valence electrons. The van der Waals surface area contributed by atoms with Crippen LogP contribution in [0.1, 0.15) is 11.1 Å². The number of nitrogens with zero attached hydrogens (tertiary/aromatic N) is 1. The van der Waals surface area contributed by atoms with E-state index in [2.05, 4.69) is 22.2 Å². The highest BCUT2D eigenvalue weighted by molar-refractivity contribution is 5.99. The number of nitrogens with one attached hydrogen (secondary N) is 2. The molecular formula is C20H19F3N4O. The molecule has 0 aliphatic heterocycles. The predicted molar refractivity (Wildman–Crippen MR) is 107 cm³/mol. The first-order valence-corrected chi connectivity index (χ1v) is 8.14. The maximum Gasteiger partial charge on any atom is 0.416 e. The van der Waals surface area contributed by atoms with Crippen LogP contribution in [0.3, 0.4) is 0 Å². The van der Waals surface area contributed by atoms with Gasteiger partial charge in [-0.1, -0.05) is 6.58 Å². The minimum Gasteiger partial charge on any atom is -0.398 e. The highest BCUT2D eigenvalue weighted by atomic mass is 19.4. The average Bonchev–Trinajstić information content (AvgIpc) is 2.66. The van der Waals surface area contributed by atoms with Crippen molar-refractivity contribution in [2.24, 2.45) is 10.7 Å². The lowest BCUT2D eigenvalue weighted by atomic mass is 10.1. The van der Waals surface area contributed by atoms with Crippen LogP contribution in [0, 0.1) is 0 Å². The number of carbonyl (C=O) groups excluding carboxylic acids is 1. The van der Waals surface area contributed by atoms with Crippen molar-refractivity contribution in [3.63, 3.8) is 0 Å². The zero-order valence-corrected chi connectivity index (χ0v) is 15.0. The van der Waals surface area contributed by atoms with Crippen molar-refractivity contribution in [2.75, 3.05) is 17.7 Å². The Morgan fingerprint density at radius 1 is 1.14 bits per heavy atom. The molecule has 0 aliphatic carbocycles. The highest BCUT2D eigenvalue weighted by Gasteiger charge is 2.29. The number of nitrogens with two attached hydrogens (primary N) is 1. The maximum atomic E-state index is 12.7. The molecule has 2 aromatic carbocycles. The number of hydrogen-bond donors (Lipinski definition) is 3. The lowest BCUT2D eigenvalue weighted by Crippen LogP contribution is -2.09. The van der Waals surface area contributed by atoms with Crippen molar-refractivity contribution in [1.29, 1.82) is 0 Å². The Morgan fingerprint density at radius 2 is 1.79 bits per heavy atom. The maximum absolute atomic E-state index is 12.7. The Hall–Kier alpha value is -3.55. The quantitative estimate of drug-likeness (QED) is 0.501. The van der Waals surface area contributed by atoms with Crippen molar-refractivity contribution in [3.05, 3.63) is 72.3 Å². The zero-order chi connectivity index (χ0) is 20.7. The van der Waals surface area contributed by atoms with Gasteiger partial charge in [0.05, 0.1) is 5.56 Å². The number of aliphatic imine (C=N–C) groups is 1. The molecule has 0 atom stereocenters. The Labute approximate surface area is 160 Å². The first-order valence-electron chi connectivity index (χ1n) is 8.14. The van der Waals surface area contributed by atoms with Crippen LogP contribution >= 0.6 is 0 Å². The van der Waals surface area contributed by atoms with Crippen molar-refractivity contribution < 1.29 is 18.0 Å². The third-order valence-electron chi connectivity index (χ3n) is 3.68. The second kappa shape index (κ2) is 8.90. The van der Waals surface area contributed by atoms with E-state index in [0.717, 1.165) is 18.2 Å². The van der Waals surface area contributed by atoms with Gasteiger partial charge in [0.15, 0.2) is 0 Å². The number of benzene rings is 2. The summed E-state index contributed by atoms with van der Waals surface area (Å²) in [5.74, 6) is -0.382. The number of rotatable bonds is 6. The second-order valence-corrected chi connectivity index (χ2v) is 5.68. The van der Waals surface area contributed by atoms with Gasteiger partial charge in [0.1, 0.15) is 0 Å². The van der Waals surface area contributed by atoms with Crippen molar-refractivity contribution in [1.82, 2.24) is 0 Å². The number of carbonyl (C=O) groups is 1. The Bertz CT molecular complexity index is 916. The van der Waals surface area contributed by atoms with Gasteiger partial charge in [-0.05, 0) is 54.6 Å². The first-order chi connectivity index (χ1) is 13.2. The topological polar surface area (TPSA) is 79.5 Å². The van der Waals surface area contributed by atoms with Crippen molar-refractivity contribution >= 4 is 34.9 Å². The number of amides is 1. The van der Waals surface area contributed by atoms with Gasteiger partial charge in [-0.15, -0.1) is 0 Å². The number of allylic oxidation sites excluding steroid dienone is 1. The Morgan fingerprint density at radius 3 is 2.36 bits per heavy atom. The normalized spacial score (nSPS) is 12.1. The summed E-state index contributed by atoms with van der Waals surface area (Å²) in [5.41, 5.74) is 7.75. The van der Waals surface area contributed by atoms with E-state index in [-0.39, 0.29) is 5.91 Å². The summed E-state index contributed by atoms with van der Waals surface area (Å²) < 4.78 is 38.1. The van der Waals surface area contributed by atoms with Crippen LogP contribution in [-0.2, 0) is 11.0 Å². The van der Waals surface area contributed by atoms with Crippen LogP contribution in [0.15, 0.2) is 66.2 Å². The van der Waals surface area contributed by atoms with Gasteiger partial charge in [0, 0.05) is 41.6 Å². The molecule has 0 unspecified atom stereocenters. The van der Waals surface area contributed by atoms with Crippen LogP contribution in [0.25, 0.3) is 5.70 Å². The first kappa shape index (κ1) is 20.8. The lowest BCUT2D eigenvalue weighted by molar-refractivity contribution is -0.137. The number of anilines is 3. The van der Waals surface area contributed by atoms with Gasteiger partial charge in [-0.25, -0.2) is 0 Å². The van der Waals surface area contributed by atoms with Gasteiger partial charge in [0.2, 0.25) is 5.91 Å². The number of hydrogen-bond acceptors (Lipinski definition) is 4. The Kier molecular flexibility index (Phi) is 6.59. The summed E-state index contributed by atoms with van der Waals surface area (Å²) in [4.78, 5) is 15.4. The largest absolute Gasteiger partial charge is 0.416 e.